The second kappa shape index (κ2) is 7.49. The Bertz CT molecular complexity index is 562. The van der Waals surface area contributed by atoms with Gasteiger partial charge in [0.25, 0.3) is 0 Å². The van der Waals surface area contributed by atoms with Gasteiger partial charge in [-0.1, -0.05) is 11.6 Å². The van der Waals surface area contributed by atoms with E-state index in [0.717, 1.165) is 0 Å². The molecule has 1 rings (SSSR count). The lowest BCUT2D eigenvalue weighted by Gasteiger charge is -2.15. The molecule has 3 amide bonds. The molecule has 1 aromatic carbocycles. The zero-order chi connectivity index (χ0) is 16.0. The molecule has 0 fully saturated rings. The van der Waals surface area contributed by atoms with E-state index in [1.807, 2.05) is 6.92 Å². The summed E-state index contributed by atoms with van der Waals surface area (Å²) in [5, 5.41) is 14.0. The highest BCUT2D eigenvalue weighted by Crippen LogP contribution is 2.21. The number of aromatic carboxylic acids is 1. The summed E-state index contributed by atoms with van der Waals surface area (Å²) in [5.74, 6) is -1.44. The monoisotopic (exact) mass is 313 g/mol. The Morgan fingerprint density at radius 3 is 2.57 bits per heavy atom. The Balaban J connectivity index is 2.69. The fourth-order valence-electron chi connectivity index (χ4n) is 1.44. The van der Waals surface area contributed by atoms with E-state index in [0.29, 0.717) is 6.54 Å². The molecule has 8 heteroatoms. The van der Waals surface area contributed by atoms with Crippen LogP contribution in [0.5, 0.6) is 0 Å². The summed E-state index contributed by atoms with van der Waals surface area (Å²) in [6, 6.07) is 3.34. The SMILES string of the molecule is CCN(C)C(=O)CNC(=O)Nc1cc(Cl)ccc1C(=O)O. The molecule has 0 atom stereocenters. The van der Waals surface area contributed by atoms with Gasteiger partial charge in [0.15, 0.2) is 0 Å². The van der Waals surface area contributed by atoms with E-state index in [-0.39, 0.29) is 28.7 Å². The number of rotatable bonds is 5. The lowest BCUT2D eigenvalue weighted by molar-refractivity contribution is -0.128. The topological polar surface area (TPSA) is 98.7 Å². The molecule has 0 spiro atoms. The number of carbonyl (C=O) groups excluding carboxylic acids is 2. The van der Waals surface area contributed by atoms with Gasteiger partial charge in [0.2, 0.25) is 5.91 Å². The van der Waals surface area contributed by atoms with Crippen LogP contribution in [0.4, 0.5) is 10.5 Å². The average molecular weight is 314 g/mol. The van der Waals surface area contributed by atoms with Crippen LogP contribution in [-0.2, 0) is 4.79 Å². The summed E-state index contributed by atoms with van der Waals surface area (Å²) in [6.07, 6.45) is 0. The minimum atomic E-state index is -1.19. The molecule has 21 heavy (non-hydrogen) atoms. The molecule has 0 bridgehead atoms. The Kier molecular flexibility index (Phi) is 5.98. The van der Waals surface area contributed by atoms with E-state index in [4.69, 9.17) is 16.7 Å². The molecule has 0 unspecified atom stereocenters. The number of carbonyl (C=O) groups is 3. The number of hydrogen-bond donors (Lipinski definition) is 3. The van der Waals surface area contributed by atoms with Crippen LogP contribution in [0, 0.1) is 0 Å². The number of carboxylic acid groups (broad SMARTS) is 1. The number of nitrogens with zero attached hydrogens (tertiary/aromatic N) is 1. The molecule has 0 saturated carbocycles. The van der Waals surface area contributed by atoms with Crippen LogP contribution in [0.15, 0.2) is 18.2 Å². The van der Waals surface area contributed by atoms with Gasteiger partial charge in [0, 0.05) is 18.6 Å². The summed E-state index contributed by atoms with van der Waals surface area (Å²) >= 11 is 5.77. The Morgan fingerprint density at radius 2 is 2.00 bits per heavy atom. The van der Waals surface area contributed by atoms with Crippen molar-refractivity contribution in [3.63, 3.8) is 0 Å². The first-order valence-electron chi connectivity index (χ1n) is 6.16. The number of nitrogens with one attached hydrogen (secondary N) is 2. The number of anilines is 1. The van der Waals surface area contributed by atoms with Crippen molar-refractivity contribution < 1.29 is 19.5 Å². The number of carboxylic acids is 1. The molecule has 1 aromatic rings. The van der Waals surface area contributed by atoms with Gasteiger partial charge in [-0.15, -0.1) is 0 Å². The van der Waals surface area contributed by atoms with Gasteiger partial charge in [-0.2, -0.15) is 0 Å². The van der Waals surface area contributed by atoms with E-state index < -0.39 is 12.0 Å². The summed E-state index contributed by atoms with van der Waals surface area (Å²) < 4.78 is 0. The number of hydrogen-bond acceptors (Lipinski definition) is 3. The first kappa shape index (κ1) is 16.8. The molecule has 0 aromatic heterocycles. The van der Waals surface area contributed by atoms with Crippen molar-refractivity contribution in [3.05, 3.63) is 28.8 Å². The van der Waals surface area contributed by atoms with E-state index in [1.165, 1.54) is 23.1 Å². The van der Waals surface area contributed by atoms with Crippen LogP contribution in [0.25, 0.3) is 0 Å². The van der Waals surface area contributed by atoms with Crippen LogP contribution in [0.2, 0.25) is 5.02 Å². The van der Waals surface area contributed by atoms with Gasteiger partial charge in [0.05, 0.1) is 17.8 Å². The predicted octanol–water partition coefficient (Wildman–Crippen LogP) is 1.64. The van der Waals surface area contributed by atoms with Gasteiger partial charge < -0.3 is 20.6 Å². The van der Waals surface area contributed by atoms with Gasteiger partial charge in [-0.3, -0.25) is 4.79 Å². The van der Waals surface area contributed by atoms with Gasteiger partial charge >= 0.3 is 12.0 Å². The van der Waals surface area contributed by atoms with E-state index in [2.05, 4.69) is 10.6 Å². The number of halogens is 1. The number of likely N-dealkylation sites (N-methyl/N-ethyl adjacent to an activating group) is 1. The summed E-state index contributed by atoms with van der Waals surface area (Å²) in [4.78, 5) is 35.7. The normalized spacial score (nSPS) is 9.86. The fraction of sp³-hybridized carbons (Fsp3) is 0.308. The van der Waals surface area contributed by atoms with E-state index >= 15 is 0 Å². The van der Waals surface area contributed by atoms with Crippen LogP contribution >= 0.6 is 11.6 Å². The molecule has 7 nitrogen and oxygen atoms in total. The number of urea groups is 1. The third-order valence-corrected chi connectivity index (χ3v) is 3.00. The first-order chi connectivity index (χ1) is 9.85. The maximum atomic E-state index is 11.7. The standard InChI is InChI=1S/C13H16ClN3O4/c1-3-17(2)11(18)7-15-13(21)16-10-6-8(14)4-5-9(10)12(19)20/h4-6H,3,7H2,1-2H3,(H,19,20)(H2,15,16,21). The maximum Gasteiger partial charge on any atom is 0.337 e. The summed E-state index contributed by atoms with van der Waals surface area (Å²) in [6.45, 7) is 2.15. The van der Waals surface area contributed by atoms with Crippen molar-refractivity contribution in [1.82, 2.24) is 10.2 Å². The van der Waals surface area contributed by atoms with Crippen molar-refractivity contribution in [3.8, 4) is 0 Å². The Hall–Kier alpha value is -2.28. The average Bonchev–Trinajstić information content (AvgIpc) is 2.43. The first-order valence-corrected chi connectivity index (χ1v) is 6.54. The molecular weight excluding hydrogens is 298 g/mol. The third-order valence-electron chi connectivity index (χ3n) is 2.76. The Morgan fingerprint density at radius 1 is 1.33 bits per heavy atom. The van der Waals surface area contributed by atoms with Crippen LogP contribution in [-0.4, -0.2) is 48.1 Å². The highest BCUT2D eigenvalue weighted by molar-refractivity contribution is 6.31. The van der Waals surface area contributed by atoms with Crippen LogP contribution in [0.1, 0.15) is 17.3 Å². The van der Waals surface area contributed by atoms with Crippen molar-refractivity contribution >= 4 is 35.2 Å². The van der Waals surface area contributed by atoms with Crippen molar-refractivity contribution in [1.29, 1.82) is 0 Å². The summed E-state index contributed by atoms with van der Waals surface area (Å²) in [5.41, 5.74) is -0.0321. The minimum Gasteiger partial charge on any atom is -0.478 e. The second-order valence-electron chi connectivity index (χ2n) is 4.21. The molecular formula is C13H16ClN3O4. The van der Waals surface area contributed by atoms with Crippen molar-refractivity contribution in [2.24, 2.45) is 0 Å². The smallest absolute Gasteiger partial charge is 0.337 e. The minimum absolute atomic E-state index is 0.0591. The third kappa shape index (κ3) is 4.96. The fourth-order valence-corrected chi connectivity index (χ4v) is 1.61. The quantitative estimate of drug-likeness (QED) is 0.769. The Labute approximate surface area is 126 Å². The van der Waals surface area contributed by atoms with E-state index in [1.54, 1.807) is 7.05 Å². The molecule has 0 aliphatic rings. The highest BCUT2D eigenvalue weighted by atomic mass is 35.5. The molecule has 3 N–H and O–H groups in total. The molecule has 0 saturated heterocycles. The van der Waals surface area contributed by atoms with Gasteiger partial charge in [-0.05, 0) is 25.1 Å². The van der Waals surface area contributed by atoms with Crippen LogP contribution in [0.3, 0.4) is 0 Å². The number of amides is 3. The maximum absolute atomic E-state index is 11.7. The zero-order valence-corrected chi connectivity index (χ0v) is 12.4. The van der Waals surface area contributed by atoms with E-state index in [9.17, 15) is 14.4 Å². The molecule has 0 heterocycles. The highest BCUT2D eigenvalue weighted by Gasteiger charge is 2.14. The molecule has 0 aliphatic carbocycles. The summed E-state index contributed by atoms with van der Waals surface area (Å²) in [7, 11) is 1.61. The van der Waals surface area contributed by atoms with Crippen molar-refractivity contribution in [2.45, 2.75) is 6.92 Å². The van der Waals surface area contributed by atoms with Crippen molar-refractivity contribution in [2.75, 3.05) is 25.5 Å². The lowest BCUT2D eigenvalue weighted by atomic mass is 10.2. The second-order valence-corrected chi connectivity index (χ2v) is 4.65. The van der Waals surface area contributed by atoms with Crippen LogP contribution < -0.4 is 10.6 Å². The zero-order valence-electron chi connectivity index (χ0n) is 11.6. The predicted molar refractivity (Wildman–Crippen MR) is 78.7 cm³/mol. The lowest BCUT2D eigenvalue weighted by Crippen LogP contribution is -2.39. The largest absolute Gasteiger partial charge is 0.478 e. The molecule has 114 valence electrons. The number of benzene rings is 1. The molecule has 0 radical (unpaired) electrons. The van der Waals surface area contributed by atoms with Gasteiger partial charge in [-0.25, -0.2) is 9.59 Å². The van der Waals surface area contributed by atoms with Gasteiger partial charge in [0.1, 0.15) is 0 Å². The molecule has 0 aliphatic heterocycles.